The van der Waals surface area contributed by atoms with Crippen LogP contribution in [0.4, 0.5) is 4.39 Å². The molecular weight excluding hydrogens is 353 g/mol. The van der Waals surface area contributed by atoms with E-state index in [9.17, 15) is 9.18 Å². The van der Waals surface area contributed by atoms with Crippen molar-refractivity contribution in [2.75, 3.05) is 7.11 Å². The van der Waals surface area contributed by atoms with Crippen molar-refractivity contribution in [2.24, 2.45) is 4.99 Å². The maximum Gasteiger partial charge on any atom is 0.333 e. The fourth-order valence-electron chi connectivity index (χ4n) is 3.11. The Hall–Kier alpha value is -3.27. The molecule has 1 unspecified atom stereocenters. The maximum atomic E-state index is 13.3. The van der Waals surface area contributed by atoms with Gasteiger partial charge in [-0.2, -0.15) is 0 Å². The molecule has 4 heteroatoms. The van der Waals surface area contributed by atoms with Gasteiger partial charge in [-0.05, 0) is 24.6 Å². The number of carbonyl (C=O) groups is 1. The number of carbonyl (C=O) groups excluding carboxylic acids is 1. The first-order valence-corrected chi connectivity index (χ1v) is 9.05. The Morgan fingerprint density at radius 2 is 1.39 bits per heavy atom. The molecule has 0 aliphatic carbocycles. The Balaban J connectivity index is 2.11. The molecule has 0 heterocycles. The molecule has 1 atom stereocenters. The van der Waals surface area contributed by atoms with Gasteiger partial charge in [-0.3, -0.25) is 4.99 Å². The van der Waals surface area contributed by atoms with Crippen LogP contribution in [0, 0.1) is 5.82 Å². The average molecular weight is 375 g/mol. The Bertz CT molecular complexity index is 911. The number of hydrogen-bond acceptors (Lipinski definition) is 3. The minimum absolute atomic E-state index is 0.295. The van der Waals surface area contributed by atoms with Gasteiger partial charge in [0.15, 0.2) is 5.54 Å². The first-order chi connectivity index (χ1) is 13.5. The molecular formula is C24H22FNO2. The lowest BCUT2D eigenvalue weighted by atomic mass is 9.92. The molecule has 0 aliphatic rings. The summed E-state index contributed by atoms with van der Waals surface area (Å²) in [5.41, 5.74) is 2.16. The quantitative estimate of drug-likeness (QED) is 0.457. The van der Waals surface area contributed by atoms with Crippen molar-refractivity contribution >= 4 is 11.7 Å². The molecule has 0 bridgehead atoms. The van der Waals surface area contributed by atoms with Crippen LogP contribution in [0.25, 0.3) is 0 Å². The monoisotopic (exact) mass is 375 g/mol. The summed E-state index contributed by atoms with van der Waals surface area (Å²) in [7, 11) is 1.35. The summed E-state index contributed by atoms with van der Waals surface area (Å²) in [6.07, 6.45) is 0.295. The molecule has 0 spiro atoms. The van der Waals surface area contributed by atoms with Gasteiger partial charge in [0.1, 0.15) is 5.82 Å². The highest BCUT2D eigenvalue weighted by atomic mass is 19.1. The van der Waals surface area contributed by atoms with E-state index in [1.54, 1.807) is 19.1 Å². The summed E-state index contributed by atoms with van der Waals surface area (Å²) in [6, 6.07) is 25.5. The standard InChI is InChI=1S/C24H22FNO2/c1-24(23(27)28-2,17-18-13-15-21(25)16-14-18)26-22(19-9-5-3-6-10-19)20-11-7-4-8-12-20/h3-16H,17H2,1-2H3. The summed E-state index contributed by atoms with van der Waals surface area (Å²) in [6.45, 7) is 1.74. The SMILES string of the molecule is COC(=O)C(C)(Cc1ccc(F)cc1)N=C(c1ccccc1)c1ccccc1. The summed E-state index contributed by atoms with van der Waals surface area (Å²) in [5, 5.41) is 0. The van der Waals surface area contributed by atoms with Gasteiger partial charge in [-0.15, -0.1) is 0 Å². The van der Waals surface area contributed by atoms with Gasteiger partial charge in [-0.1, -0.05) is 72.8 Å². The topological polar surface area (TPSA) is 38.7 Å². The predicted octanol–water partition coefficient (Wildman–Crippen LogP) is 4.84. The van der Waals surface area contributed by atoms with Crippen molar-refractivity contribution in [2.45, 2.75) is 18.9 Å². The molecule has 0 N–H and O–H groups in total. The van der Waals surface area contributed by atoms with Gasteiger partial charge >= 0.3 is 5.97 Å². The van der Waals surface area contributed by atoms with Crippen LogP contribution >= 0.6 is 0 Å². The molecule has 3 rings (SSSR count). The third kappa shape index (κ3) is 4.52. The van der Waals surface area contributed by atoms with Crippen LogP contribution in [0.5, 0.6) is 0 Å². The maximum absolute atomic E-state index is 13.3. The largest absolute Gasteiger partial charge is 0.467 e. The van der Waals surface area contributed by atoms with Crippen molar-refractivity contribution in [3.63, 3.8) is 0 Å². The van der Waals surface area contributed by atoms with Crippen molar-refractivity contribution < 1.29 is 13.9 Å². The number of halogens is 1. The van der Waals surface area contributed by atoms with E-state index in [0.29, 0.717) is 12.1 Å². The number of benzene rings is 3. The molecule has 0 aliphatic heterocycles. The molecule has 0 aromatic heterocycles. The van der Waals surface area contributed by atoms with Crippen LogP contribution in [0.1, 0.15) is 23.6 Å². The Morgan fingerprint density at radius 1 is 0.893 bits per heavy atom. The molecule has 0 amide bonds. The smallest absolute Gasteiger partial charge is 0.333 e. The van der Waals surface area contributed by atoms with Crippen LogP contribution in [0.15, 0.2) is 89.9 Å². The van der Waals surface area contributed by atoms with Gasteiger partial charge in [-0.25, -0.2) is 9.18 Å². The number of nitrogens with zero attached hydrogens (tertiary/aromatic N) is 1. The molecule has 0 radical (unpaired) electrons. The van der Waals surface area contributed by atoms with E-state index in [1.807, 2.05) is 60.7 Å². The average Bonchev–Trinajstić information content (AvgIpc) is 2.74. The third-order valence-electron chi connectivity index (χ3n) is 4.54. The summed E-state index contributed by atoms with van der Waals surface area (Å²) in [4.78, 5) is 17.6. The van der Waals surface area contributed by atoms with Crippen LogP contribution in [-0.2, 0) is 16.0 Å². The minimum Gasteiger partial charge on any atom is -0.467 e. The van der Waals surface area contributed by atoms with E-state index in [-0.39, 0.29) is 5.82 Å². The first-order valence-electron chi connectivity index (χ1n) is 9.05. The van der Waals surface area contributed by atoms with E-state index in [0.717, 1.165) is 16.7 Å². The number of methoxy groups -OCH3 is 1. The summed E-state index contributed by atoms with van der Waals surface area (Å²) < 4.78 is 18.3. The highest BCUT2D eigenvalue weighted by Crippen LogP contribution is 2.23. The van der Waals surface area contributed by atoms with Gasteiger partial charge < -0.3 is 4.74 Å². The lowest BCUT2D eigenvalue weighted by molar-refractivity contribution is -0.146. The molecule has 142 valence electrons. The first kappa shape index (κ1) is 19.5. The van der Waals surface area contributed by atoms with Gasteiger partial charge in [0.2, 0.25) is 0 Å². The summed E-state index contributed by atoms with van der Waals surface area (Å²) >= 11 is 0. The zero-order valence-electron chi connectivity index (χ0n) is 15.9. The predicted molar refractivity (Wildman–Crippen MR) is 109 cm³/mol. The zero-order valence-corrected chi connectivity index (χ0v) is 15.9. The van der Waals surface area contributed by atoms with E-state index in [2.05, 4.69) is 0 Å². The molecule has 0 saturated heterocycles. The van der Waals surface area contributed by atoms with Gasteiger partial charge in [0.25, 0.3) is 0 Å². The van der Waals surface area contributed by atoms with E-state index in [4.69, 9.17) is 9.73 Å². The number of rotatable bonds is 6. The highest BCUT2D eigenvalue weighted by Gasteiger charge is 2.35. The van der Waals surface area contributed by atoms with Gasteiger partial charge in [0.05, 0.1) is 12.8 Å². The number of esters is 1. The van der Waals surface area contributed by atoms with Crippen molar-refractivity contribution in [1.82, 2.24) is 0 Å². The van der Waals surface area contributed by atoms with Crippen LogP contribution in [0.2, 0.25) is 0 Å². The molecule has 3 nitrogen and oxygen atoms in total. The summed E-state index contributed by atoms with van der Waals surface area (Å²) in [5.74, 6) is -0.762. The normalized spacial score (nSPS) is 12.7. The second kappa shape index (κ2) is 8.61. The van der Waals surface area contributed by atoms with Crippen molar-refractivity contribution in [1.29, 1.82) is 0 Å². The van der Waals surface area contributed by atoms with E-state index in [1.165, 1.54) is 19.2 Å². The fourth-order valence-corrected chi connectivity index (χ4v) is 3.11. The molecule has 28 heavy (non-hydrogen) atoms. The number of ether oxygens (including phenoxy) is 1. The van der Waals surface area contributed by atoms with Crippen LogP contribution in [0.3, 0.4) is 0 Å². The lowest BCUT2D eigenvalue weighted by Crippen LogP contribution is -2.38. The zero-order chi connectivity index (χ0) is 20.0. The highest BCUT2D eigenvalue weighted by molar-refractivity contribution is 6.13. The second-order valence-corrected chi connectivity index (χ2v) is 6.76. The third-order valence-corrected chi connectivity index (χ3v) is 4.54. The van der Waals surface area contributed by atoms with Crippen LogP contribution < -0.4 is 0 Å². The Kier molecular flexibility index (Phi) is 5.99. The lowest BCUT2D eigenvalue weighted by Gasteiger charge is -2.24. The van der Waals surface area contributed by atoms with Crippen molar-refractivity contribution in [3.05, 3.63) is 107 Å². The number of aliphatic imine (C=N–C) groups is 1. The van der Waals surface area contributed by atoms with E-state index >= 15 is 0 Å². The Labute approximate surface area is 164 Å². The minimum atomic E-state index is -1.16. The molecule has 3 aromatic rings. The van der Waals surface area contributed by atoms with Gasteiger partial charge in [0, 0.05) is 17.5 Å². The fraction of sp³-hybridized carbons (Fsp3) is 0.167. The van der Waals surface area contributed by atoms with E-state index < -0.39 is 11.5 Å². The molecule has 0 fully saturated rings. The van der Waals surface area contributed by atoms with Crippen molar-refractivity contribution in [3.8, 4) is 0 Å². The Morgan fingerprint density at radius 3 is 1.86 bits per heavy atom. The molecule has 0 saturated carbocycles. The number of hydrogen-bond donors (Lipinski definition) is 0. The molecule has 3 aromatic carbocycles. The second-order valence-electron chi connectivity index (χ2n) is 6.76. The van der Waals surface area contributed by atoms with Crippen LogP contribution in [-0.4, -0.2) is 24.3 Å².